The summed E-state index contributed by atoms with van der Waals surface area (Å²) in [6.07, 6.45) is 1.15. The number of fused-ring (bicyclic) bond motifs is 1. The van der Waals surface area contributed by atoms with E-state index in [1.807, 2.05) is 36.2 Å². The van der Waals surface area contributed by atoms with Gasteiger partial charge in [0.05, 0.1) is 21.6 Å². The Morgan fingerprint density at radius 1 is 1.16 bits per heavy atom. The molecule has 0 spiro atoms. The number of carbonyl (C=O) groups is 1. The average Bonchev–Trinajstić information content (AvgIpc) is 3.11. The Hall–Kier alpha value is -1.75. The molecule has 2 saturated heterocycles. The van der Waals surface area contributed by atoms with Crippen LogP contribution in [0.2, 0.25) is 10.0 Å². The van der Waals surface area contributed by atoms with Crippen LogP contribution >= 0.6 is 23.2 Å². The maximum atomic E-state index is 12.6. The normalized spacial score (nSPS) is 26.3. The highest BCUT2D eigenvalue weighted by Crippen LogP contribution is 2.52. The lowest BCUT2D eigenvalue weighted by Crippen LogP contribution is -2.44. The second kappa shape index (κ2) is 5.90. The third-order valence-electron chi connectivity index (χ3n) is 5.28. The fraction of sp³-hybridized carbons (Fsp3) is 0.316. The van der Waals surface area contributed by atoms with Gasteiger partial charge in [-0.1, -0.05) is 47.5 Å². The monoisotopic (exact) mass is 376 g/mol. The minimum Gasteiger partial charge on any atom is -0.508 e. The van der Waals surface area contributed by atoms with Gasteiger partial charge in [0.1, 0.15) is 5.75 Å². The van der Waals surface area contributed by atoms with Crippen LogP contribution in [0.25, 0.3) is 0 Å². The molecule has 1 amide bonds. The number of amides is 1. The summed E-state index contributed by atoms with van der Waals surface area (Å²) in [6, 6.07) is 12.8. The molecule has 0 aliphatic carbocycles. The molecule has 2 atom stereocenters. The van der Waals surface area contributed by atoms with Gasteiger partial charge in [-0.05, 0) is 37.1 Å². The van der Waals surface area contributed by atoms with Gasteiger partial charge in [0.2, 0.25) is 5.91 Å². The van der Waals surface area contributed by atoms with Crippen LogP contribution in [0.4, 0.5) is 0 Å². The lowest BCUT2D eigenvalue weighted by molar-refractivity contribution is -0.144. The highest BCUT2D eigenvalue weighted by molar-refractivity contribution is 6.42. The van der Waals surface area contributed by atoms with Crippen molar-refractivity contribution in [1.29, 1.82) is 0 Å². The summed E-state index contributed by atoms with van der Waals surface area (Å²) in [7, 11) is 0. The van der Waals surface area contributed by atoms with E-state index >= 15 is 0 Å². The Morgan fingerprint density at radius 2 is 1.92 bits per heavy atom. The van der Waals surface area contributed by atoms with Crippen molar-refractivity contribution in [2.75, 3.05) is 6.54 Å². The third-order valence-corrected chi connectivity index (χ3v) is 6.02. The topological polar surface area (TPSA) is 43.8 Å². The Labute approximate surface area is 156 Å². The maximum absolute atomic E-state index is 12.6. The van der Waals surface area contributed by atoms with E-state index in [9.17, 15) is 9.90 Å². The number of rotatable bonds is 2. The van der Waals surface area contributed by atoms with Gasteiger partial charge in [0, 0.05) is 18.5 Å². The Balaban J connectivity index is 1.81. The van der Waals surface area contributed by atoms with Crippen LogP contribution in [-0.4, -0.2) is 27.6 Å². The van der Waals surface area contributed by atoms with Gasteiger partial charge >= 0.3 is 0 Å². The van der Waals surface area contributed by atoms with Gasteiger partial charge in [-0.2, -0.15) is 0 Å². The van der Waals surface area contributed by atoms with E-state index in [1.54, 1.807) is 18.2 Å². The molecule has 0 unspecified atom stereocenters. The molecule has 25 heavy (non-hydrogen) atoms. The summed E-state index contributed by atoms with van der Waals surface area (Å²) < 4.78 is 0. The first-order valence-corrected chi connectivity index (χ1v) is 9.00. The number of hydrazine groups is 1. The number of hydrogen-bond acceptors (Lipinski definition) is 3. The van der Waals surface area contributed by atoms with Crippen LogP contribution in [0.3, 0.4) is 0 Å². The number of hydrogen-bond donors (Lipinski definition) is 1. The first-order valence-electron chi connectivity index (χ1n) is 8.25. The van der Waals surface area contributed by atoms with E-state index in [2.05, 4.69) is 5.01 Å². The second-order valence-corrected chi connectivity index (χ2v) is 7.62. The number of phenolic OH excluding ortho intramolecular Hbond substituents is 1. The standard InChI is InChI=1S/C19H18Cl2N2O2/c1-19(13-4-2-3-5-17(13)24)11-16(22-9-8-18(25)23(19)22)12-6-7-14(20)15(21)10-12/h2-7,10,16,24H,8-9,11H2,1H3/t16-,19+/m1/s1. The zero-order valence-electron chi connectivity index (χ0n) is 13.7. The van der Waals surface area contributed by atoms with Gasteiger partial charge in [0.25, 0.3) is 0 Å². The fourth-order valence-corrected chi connectivity index (χ4v) is 4.45. The molecular weight excluding hydrogens is 359 g/mol. The molecule has 0 radical (unpaired) electrons. The van der Waals surface area contributed by atoms with Crippen LogP contribution < -0.4 is 0 Å². The molecule has 130 valence electrons. The van der Waals surface area contributed by atoms with Gasteiger partial charge in [-0.25, -0.2) is 5.01 Å². The van der Waals surface area contributed by atoms with Crippen molar-refractivity contribution in [3.8, 4) is 5.75 Å². The quantitative estimate of drug-likeness (QED) is 0.838. The molecule has 2 aromatic rings. The Morgan fingerprint density at radius 3 is 2.64 bits per heavy atom. The number of aromatic hydroxyl groups is 1. The van der Waals surface area contributed by atoms with Crippen LogP contribution in [0, 0.1) is 0 Å². The minimum atomic E-state index is -0.601. The molecule has 2 aliphatic rings. The number of benzene rings is 2. The molecule has 2 aliphatic heterocycles. The van der Waals surface area contributed by atoms with Gasteiger partial charge in [-0.3, -0.25) is 9.80 Å². The molecule has 0 aromatic heterocycles. The summed E-state index contributed by atoms with van der Waals surface area (Å²) in [5, 5.41) is 15.3. The average molecular weight is 377 g/mol. The molecule has 4 nitrogen and oxygen atoms in total. The van der Waals surface area contributed by atoms with Gasteiger partial charge < -0.3 is 5.11 Å². The first-order chi connectivity index (χ1) is 11.9. The molecule has 2 aromatic carbocycles. The first kappa shape index (κ1) is 16.7. The van der Waals surface area contributed by atoms with Crippen LogP contribution in [0.15, 0.2) is 42.5 Å². The van der Waals surface area contributed by atoms with Crippen molar-refractivity contribution in [1.82, 2.24) is 10.0 Å². The molecule has 6 heteroatoms. The number of nitrogens with zero attached hydrogens (tertiary/aromatic N) is 2. The van der Waals surface area contributed by atoms with Crippen molar-refractivity contribution in [2.45, 2.75) is 31.3 Å². The summed E-state index contributed by atoms with van der Waals surface area (Å²) in [5.41, 5.74) is 1.18. The largest absolute Gasteiger partial charge is 0.508 e. The van der Waals surface area contributed by atoms with E-state index < -0.39 is 5.54 Å². The van der Waals surface area contributed by atoms with Gasteiger partial charge in [-0.15, -0.1) is 0 Å². The smallest absolute Gasteiger partial charge is 0.239 e. The van der Waals surface area contributed by atoms with E-state index in [1.165, 1.54) is 0 Å². The van der Waals surface area contributed by atoms with E-state index in [-0.39, 0.29) is 17.7 Å². The molecule has 1 N–H and O–H groups in total. The zero-order chi connectivity index (χ0) is 17.8. The Bertz CT molecular complexity index is 857. The molecular formula is C19H18Cl2N2O2. The fourth-order valence-electron chi connectivity index (χ4n) is 4.14. The highest BCUT2D eigenvalue weighted by Gasteiger charge is 2.54. The Kier molecular flexibility index (Phi) is 3.95. The molecule has 0 saturated carbocycles. The summed E-state index contributed by atoms with van der Waals surface area (Å²) >= 11 is 12.3. The van der Waals surface area contributed by atoms with E-state index in [0.29, 0.717) is 29.4 Å². The van der Waals surface area contributed by atoms with Gasteiger partial charge in [0.15, 0.2) is 0 Å². The molecule has 2 fully saturated rings. The molecule has 2 heterocycles. The molecule has 0 bridgehead atoms. The summed E-state index contributed by atoms with van der Waals surface area (Å²) in [6.45, 7) is 2.67. The van der Waals surface area contributed by atoms with Crippen LogP contribution in [0.1, 0.15) is 36.9 Å². The van der Waals surface area contributed by atoms with E-state index in [0.717, 1.165) is 11.1 Å². The van der Waals surface area contributed by atoms with Crippen molar-refractivity contribution in [2.24, 2.45) is 0 Å². The number of halogens is 2. The lowest BCUT2D eigenvalue weighted by Gasteiger charge is -2.35. The van der Waals surface area contributed by atoms with Crippen LogP contribution in [-0.2, 0) is 10.3 Å². The lowest BCUT2D eigenvalue weighted by atomic mass is 9.84. The summed E-state index contributed by atoms with van der Waals surface area (Å²) in [5.74, 6) is 0.285. The summed E-state index contributed by atoms with van der Waals surface area (Å²) in [4.78, 5) is 12.6. The third kappa shape index (κ3) is 2.51. The zero-order valence-corrected chi connectivity index (χ0v) is 15.3. The van der Waals surface area contributed by atoms with E-state index in [4.69, 9.17) is 23.2 Å². The maximum Gasteiger partial charge on any atom is 0.239 e. The SMILES string of the molecule is C[C@@]1(c2ccccc2O)C[C@H](c2ccc(Cl)c(Cl)c2)N2CCC(=O)N21. The number of carbonyl (C=O) groups excluding carboxylic acids is 1. The second-order valence-electron chi connectivity index (χ2n) is 6.80. The highest BCUT2D eigenvalue weighted by atomic mass is 35.5. The van der Waals surface area contributed by atoms with Crippen molar-refractivity contribution >= 4 is 29.1 Å². The van der Waals surface area contributed by atoms with Crippen molar-refractivity contribution < 1.29 is 9.90 Å². The van der Waals surface area contributed by atoms with Crippen molar-refractivity contribution in [3.63, 3.8) is 0 Å². The number of para-hydroxylation sites is 1. The minimum absolute atomic E-state index is 0.00539. The predicted octanol–water partition coefficient (Wildman–Crippen LogP) is 4.51. The predicted molar refractivity (Wildman–Crippen MR) is 97.4 cm³/mol. The number of phenols is 1. The molecule has 4 rings (SSSR count). The van der Waals surface area contributed by atoms with Crippen LogP contribution in [0.5, 0.6) is 5.75 Å². The van der Waals surface area contributed by atoms with Crippen molar-refractivity contribution in [3.05, 3.63) is 63.6 Å².